The lowest BCUT2D eigenvalue weighted by atomic mass is 9.62. The zero-order valence-corrected chi connectivity index (χ0v) is 26.1. The lowest BCUT2D eigenvalue weighted by Crippen LogP contribution is -2.44. The highest BCUT2D eigenvalue weighted by atomic mass is 28.4. The highest BCUT2D eigenvalue weighted by molar-refractivity contribution is 6.73. The first-order chi connectivity index (χ1) is 17.4. The normalized spacial score (nSPS) is 31.0. The number of allylic oxidation sites excluding steroid dienone is 7. The number of hydrogen-bond acceptors (Lipinski definition) is 1. The van der Waals surface area contributed by atoms with E-state index in [-0.39, 0.29) is 12.0 Å². The molecule has 1 saturated carbocycles. The molecule has 2 heteroatoms. The molecule has 3 rings (SSSR count). The molecule has 3 aliphatic carbocycles. The molecule has 1 fully saturated rings. The summed E-state index contributed by atoms with van der Waals surface area (Å²) in [6, 6.07) is 3.71. The highest BCUT2D eigenvalue weighted by Crippen LogP contribution is 2.59. The topological polar surface area (TPSA) is 9.23 Å². The Morgan fingerprint density at radius 1 is 1.22 bits per heavy atom. The predicted molar refractivity (Wildman–Crippen MR) is 162 cm³/mol. The van der Waals surface area contributed by atoms with Crippen molar-refractivity contribution < 1.29 is 5.80 Å². The van der Waals surface area contributed by atoms with Gasteiger partial charge < -0.3 is 4.43 Å². The van der Waals surface area contributed by atoms with Crippen LogP contribution in [0.5, 0.6) is 0 Å². The smallest absolute Gasteiger partial charge is 0.192 e. The monoisotopic (exact) mass is 512 g/mol. The lowest BCUT2D eigenvalue weighted by molar-refractivity contribution is 0.0735. The summed E-state index contributed by atoms with van der Waals surface area (Å²) in [5.41, 5.74) is 5.86. The van der Waals surface area contributed by atoms with Gasteiger partial charge in [-0.1, -0.05) is 83.4 Å². The van der Waals surface area contributed by atoms with E-state index in [0.717, 1.165) is 30.3 Å². The summed E-state index contributed by atoms with van der Waals surface area (Å²) in [5, 5.41) is 0. The van der Waals surface area contributed by atoms with Gasteiger partial charge in [0.15, 0.2) is 8.32 Å². The van der Waals surface area contributed by atoms with Gasteiger partial charge in [-0.15, -0.1) is 0 Å². The lowest BCUT2D eigenvalue weighted by Gasteiger charge is -2.43. The summed E-state index contributed by atoms with van der Waals surface area (Å²) in [7, 11) is -1.56. The number of hydrogen-bond donors (Lipinski definition) is 0. The van der Waals surface area contributed by atoms with Crippen molar-refractivity contribution in [1.82, 2.24) is 0 Å². The standard InChI is InChI=1S/C34H58OSi/c1-10-36(11-2,12-3)35-33(7,8)23-13-15-27(5)31-21-22-32-30(16-14-24-34(31,32)9)20-19-29-18-17-26(4)25-28(29)6/h16,19-20,27,31-32H,4,10-15,17-18,21-25H2,1-3,5-9H3/b20-19-/t27-,31?,32?,34-/m1/s1/i17T/t17-,27-,31?,32?,34-. The van der Waals surface area contributed by atoms with Gasteiger partial charge in [-0.2, -0.15) is 0 Å². The van der Waals surface area contributed by atoms with E-state index in [0.29, 0.717) is 11.3 Å². The van der Waals surface area contributed by atoms with E-state index < -0.39 is 8.32 Å². The summed E-state index contributed by atoms with van der Waals surface area (Å²) in [6.45, 7) is 23.2. The van der Waals surface area contributed by atoms with Crippen molar-refractivity contribution in [3.05, 3.63) is 47.1 Å². The van der Waals surface area contributed by atoms with Crippen molar-refractivity contribution in [3.8, 4) is 0 Å². The first-order valence-electron chi connectivity index (χ1n) is 15.8. The molecule has 0 aromatic heterocycles. The quantitative estimate of drug-likeness (QED) is 0.186. The molecule has 1 nitrogen and oxygen atoms in total. The predicted octanol–water partition coefficient (Wildman–Crippen LogP) is 11.0. The zero-order chi connectivity index (χ0) is 27.4. The van der Waals surface area contributed by atoms with Gasteiger partial charge in [0.2, 0.25) is 0 Å². The second-order valence-electron chi connectivity index (χ2n) is 13.3. The van der Waals surface area contributed by atoms with Crippen LogP contribution in [0.1, 0.15) is 121 Å². The Morgan fingerprint density at radius 2 is 1.92 bits per heavy atom. The molecule has 0 aromatic rings. The van der Waals surface area contributed by atoms with Crippen LogP contribution in [0, 0.1) is 23.2 Å². The molecule has 0 aromatic carbocycles. The molecular weight excluding hydrogens is 452 g/mol. The van der Waals surface area contributed by atoms with E-state index in [1.165, 1.54) is 74.2 Å². The SMILES string of the molecule is [3H][C@@H]1CC(/C=C\C2=CCC[C@@]3(C)C2CCC3[C@H](C)CCCC(C)(C)O[Si](CC)(CC)CC)=C(C)CC1=C. The minimum absolute atomic E-state index is 0.0119. The fourth-order valence-corrected chi connectivity index (χ4v) is 11.2. The summed E-state index contributed by atoms with van der Waals surface area (Å²) < 4.78 is 15.2. The minimum Gasteiger partial charge on any atom is -0.412 e. The maximum atomic E-state index is 8.32. The van der Waals surface area contributed by atoms with E-state index in [1.54, 1.807) is 5.57 Å². The Hall–Kier alpha value is -0.863. The minimum atomic E-state index is -1.56. The third kappa shape index (κ3) is 6.76. The Kier molecular flexibility index (Phi) is 9.64. The summed E-state index contributed by atoms with van der Waals surface area (Å²) >= 11 is 0. The fourth-order valence-electron chi connectivity index (χ4n) is 8.00. The van der Waals surface area contributed by atoms with Crippen molar-refractivity contribution in [2.24, 2.45) is 23.2 Å². The molecule has 5 atom stereocenters. The Balaban J connectivity index is 1.60. The van der Waals surface area contributed by atoms with Crippen LogP contribution in [0.15, 0.2) is 47.1 Å². The van der Waals surface area contributed by atoms with Crippen LogP contribution in [0.25, 0.3) is 0 Å². The number of fused-ring (bicyclic) bond motifs is 1. The molecule has 2 unspecified atom stereocenters. The molecule has 3 aliphatic rings. The van der Waals surface area contributed by atoms with E-state index in [1.807, 2.05) is 0 Å². The maximum absolute atomic E-state index is 8.32. The van der Waals surface area contributed by atoms with Crippen molar-refractivity contribution in [2.45, 2.75) is 143 Å². The summed E-state index contributed by atoms with van der Waals surface area (Å²) in [4.78, 5) is 0. The third-order valence-electron chi connectivity index (χ3n) is 10.6. The molecule has 0 amide bonds. The van der Waals surface area contributed by atoms with Gasteiger partial charge in [-0.25, -0.2) is 0 Å². The summed E-state index contributed by atoms with van der Waals surface area (Å²) in [6.07, 6.45) is 18.0. The Labute approximate surface area is 227 Å². The molecule has 0 spiro atoms. The van der Waals surface area contributed by atoms with Crippen molar-refractivity contribution >= 4 is 8.32 Å². The van der Waals surface area contributed by atoms with Crippen molar-refractivity contribution in [2.75, 3.05) is 0 Å². The first kappa shape index (κ1) is 28.2. The van der Waals surface area contributed by atoms with Crippen LogP contribution in [0.3, 0.4) is 0 Å². The largest absolute Gasteiger partial charge is 0.412 e. The van der Waals surface area contributed by atoms with Gasteiger partial charge in [0, 0.05) is 1.37 Å². The van der Waals surface area contributed by atoms with Gasteiger partial charge in [-0.3, -0.25) is 0 Å². The number of rotatable bonds is 12. The molecule has 0 radical (unpaired) electrons. The molecule has 0 saturated heterocycles. The molecular formula is C34H58OSi. The fraction of sp³-hybridized carbons (Fsp3) is 0.765. The molecule has 204 valence electrons. The van der Waals surface area contributed by atoms with E-state index in [2.05, 4.69) is 80.2 Å². The van der Waals surface area contributed by atoms with Gasteiger partial charge in [-0.05, 0) is 125 Å². The van der Waals surface area contributed by atoms with Crippen molar-refractivity contribution in [3.63, 3.8) is 0 Å². The average molecular weight is 513 g/mol. The van der Waals surface area contributed by atoms with Gasteiger partial charge >= 0.3 is 0 Å². The Bertz CT molecular complexity index is 883. The van der Waals surface area contributed by atoms with Crippen LogP contribution in [0.2, 0.25) is 18.1 Å². The van der Waals surface area contributed by atoms with Crippen LogP contribution in [0.4, 0.5) is 0 Å². The van der Waals surface area contributed by atoms with Crippen LogP contribution >= 0.6 is 0 Å². The van der Waals surface area contributed by atoms with E-state index in [4.69, 9.17) is 5.80 Å². The second kappa shape index (κ2) is 12.3. The summed E-state index contributed by atoms with van der Waals surface area (Å²) in [5.74, 6) is 2.30. The average Bonchev–Trinajstić information content (AvgIpc) is 3.21. The molecule has 0 heterocycles. The molecule has 0 N–H and O–H groups in total. The second-order valence-corrected chi connectivity index (χ2v) is 18.0. The van der Waals surface area contributed by atoms with E-state index >= 15 is 0 Å². The first-order valence-corrected chi connectivity index (χ1v) is 17.8. The van der Waals surface area contributed by atoms with Crippen LogP contribution < -0.4 is 0 Å². The van der Waals surface area contributed by atoms with E-state index in [9.17, 15) is 0 Å². The van der Waals surface area contributed by atoms with Crippen LogP contribution in [-0.2, 0) is 4.43 Å². The van der Waals surface area contributed by atoms with Crippen molar-refractivity contribution in [1.29, 1.82) is 0 Å². The third-order valence-corrected chi connectivity index (χ3v) is 15.4. The van der Waals surface area contributed by atoms with Gasteiger partial charge in [0.1, 0.15) is 0 Å². The van der Waals surface area contributed by atoms with Gasteiger partial charge in [0.05, 0.1) is 5.60 Å². The molecule has 36 heavy (non-hydrogen) atoms. The van der Waals surface area contributed by atoms with Crippen LogP contribution in [-0.4, -0.2) is 13.9 Å². The zero-order valence-electron chi connectivity index (χ0n) is 26.1. The maximum Gasteiger partial charge on any atom is 0.192 e. The highest BCUT2D eigenvalue weighted by Gasteiger charge is 2.49. The molecule has 0 bridgehead atoms. The van der Waals surface area contributed by atoms with Gasteiger partial charge in [0.25, 0.3) is 0 Å². The molecule has 0 aliphatic heterocycles. The Morgan fingerprint density at radius 3 is 2.58 bits per heavy atom.